The monoisotopic (exact) mass is 902 g/mol. The number of fused-ring (bicyclic) bond motifs is 6. The third-order valence-electron chi connectivity index (χ3n) is 17.1. The molecule has 0 N–H and O–H groups in total. The fourth-order valence-electron chi connectivity index (χ4n) is 12.4. The molecule has 0 spiro atoms. The van der Waals surface area contributed by atoms with Crippen LogP contribution in [0.5, 0.6) is 0 Å². The first-order valence-electron chi connectivity index (χ1n) is 27.2. The van der Waals surface area contributed by atoms with E-state index in [2.05, 4.69) is 218 Å². The lowest BCUT2D eigenvalue weighted by Gasteiger charge is -2.48. The quantitative estimate of drug-likeness (QED) is 0.163. The number of nitrogens with zero attached hydrogens (tertiary/aromatic N) is 2. The maximum Gasteiger partial charge on any atom is 0.252 e. The second kappa shape index (κ2) is 15.0. The molecule has 2 nitrogen and oxygen atoms in total. The molecular formula is C65H79BN2. The van der Waals surface area contributed by atoms with Crippen LogP contribution in [0.3, 0.4) is 0 Å². The fourth-order valence-corrected chi connectivity index (χ4v) is 12.4. The number of hydrogen-bond donors (Lipinski definition) is 0. The normalized spacial score (nSPS) is 19.4. The molecule has 4 aliphatic rings. The molecule has 68 heavy (non-hydrogen) atoms. The van der Waals surface area contributed by atoms with Crippen molar-refractivity contribution < 1.29 is 4.11 Å². The van der Waals surface area contributed by atoms with Crippen molar-refractivity contribution in [3.05, 3.63) is 148 Å². The van der Waals surface area contributed by atoms with Gasteiger partial charge in [-0.25, -0.2) is 0 Å². The van der Waals surface area contributed by atoms with E-state index >= 15 is 0 Å². The Morgan fingerprint density at radius 1 is 0.441 bits per heavy atom. The Bertz CT molecular complexity index is 3160. The van der Waals surface area contributed by atoms with Crippen molar-refractivity contribution in [2.45, 2.75) is 188 Å². The van der Waals surface area contributed by atoms with Crippen LogP contribution >= 0.6 is 0 Å². The molecule has 10 rings (SSSR count). The van der Waals surface area contributed by atoms with Gasteiger partial charge in [-0.2, -0.15) is 0 Å². The van der Waals surface area contributed by atoms with Crippen LogP contribution in [-0.2, 0) is 37.9 Å². The number of anilines is 6. The highest BCUT2D eigenvalue weighted by Gasteiger charge is 2.48. The van der Waals surface area contributed by atoms with Gasteiger partial charge < -0.3 is 9.80 Å². The standard InChI is InChI=1S/C65H79BN2/c1-40-32-56-58-57(33-40)68(53-27-23-43(60(5,6)7)35-46(53)41-20-19-21-42(34-41)59(2,3)4)54-36-44(61(8,9)10)22-26-51(54)66(58)52-38-49-50(65(17,18)31-30-64(49,15)16)39-55(52)67(56)45-24-25-47-48(37-45)63(13,14)29-28-62(47,11)12/h19-27,32-39H,28-31H2,1-18H3/i1D3. The van der Waals surface area contributed by atoms with Gasteiger partial charge in [0.2, 0.25) is 0 Å². The Labute approximate surface area is 416 Å². The SMILES string of the molecule is [2H]C([2H])([2H])c1cc2c3c(c1)N(c1ccc(C(C)(C)C)cc1-c1cccc(C(C)(C)C)c1)c1cc(C(C)(C)C)ccc1B3c1cc3c(cc1N2c1ccc2c(c1)C(C)(C)CCC2(C)C)C(C)(C)CCC3(C)C. The van der Waals surface area contributed by atoms with E-state index in [1.807, 2.05) is 12.1 Å². The van der Waals surface area contributed by atoms with Gasteiger partial charge in [-0.3, -0.25) is 0 Å². The molecule has 0 radical (unpaired) electrons. The molecule has 0 saturated carbocycles. The molecule has 6 aromatic rings. The third kappa shape index (κ3) is 7.42. The Hall–Kier alpha value is -5.02. The van der Waals surface area contributed by atoms with Crippen LogP contribution in [0.4, 0.5) is 34.1 Å². The number of aryl methyl sites for hydroxylation is 1. The summed E-state index contributed by atoms with van der Waals surface area (Å²) in [6.07, 6.45) is 4.45. The van der Waals surface area contributed by atoms with E-state index in [0.717, 1.165) is 76.4 Å². The fraction of sp³-hybridized carbons (Fsp3) is 0.446. The maximum atomic E-state index is 9.27. The van der Waals surface area contributed by atoms with Crippen molar-refractivity contribution >= 4 is 57.2 Å². The predicted molar refractivity (Wildman–Crippen MR) is 297 cm³/mol. The van der Waals surface area contributed by atoms with Crippen LogP contribution in [0.2, 0.25) is 0 Å². The highest BCUT2D eigenvalue weighted by atomic mass is 15.2. The van der Waals surface area contributed by atoms with Crippen LogP contribution in [0.15, 0.2) is 103 Å². The van der Waals surface area contributed by atoms with E-state index in [4.69, 9.17) is 0 Å². The Balaban J connectivity index is 1.37. The first kappa shape index (κ1) is 43.0. The van der Waals surface area contributed by atoms with Gasteiger partial charge in [-0.1, -0.05) is 172 Å². The summed E-state index contributed by atoms with van der Waals surface area (Å²) in [7, 11) is 0. The van der Waals surface area contributed by atoms with Gasteiger partial charge >= 0.3 is 0 Å². The Morgan fingerprint density at radius 3 is 1.56 bits per heavy atom. The highest BCUT2D eigenvalue weighted by Crippen LogP contribution is 2.54. The van der Waals surface area contributed by atoms with E-state index in [1.54, 1.807) is 0 Å². The summed E-state index contributed by atoms with van der Waals surface area (Å²) in [6.45, 7) is 37.4. The van der Waals surface area contributed by atoms with Gasteiger partial charge in [0, 0.05) is 38.1 Å². The summed E-state index contributed by atoms with van der Waals surface area (Å²) < 4.78 is 27.8. The van der Waals surface area contributed by atoms with Crippen molar-refractivity contribution in [2.75, 3.05) is 9.80 Å². The van der Waals surface area contributed by atoms with Crippen molar-refractivity contribution in [2.24, 2.45) is 0 Å². The molecule has 0 unspecified atom stereocenters. The predicted octanol–water partition coefficient (Wildman–Crippen LogP) is 16.3. The van der Waals surface area contributed by atoms with Crippen LogP contribution in [0, 0.1) is 6.85 Å². The largest absolute Gasteiger partial charge is 0.311 e. The zero-order chi connectivity index (χ0) is 51.6. The van der Waals surface area contributed by atoms with E-state index in [0.29, 0.717) is 5.56 Å². The number of benzene rings is 6. The smallest absolute Gasteiger partial charge is 0.252 e. The topological polar surface area (TPSA) is 6.48 Å². The van der Waals surface area contributed by atoms with Crippen molar-refractivity contribution in [3.8, 4) is 11.1 Å². The molecule has 0 saturated heterocycles. The molecule has 0 fully saturated rings. The van der Waals surface area contributed by atoms with Gasteiger partial charge in [0.15, 0.2) is 0 Å². The van der Waals surface area contributed by atoms with Gasteiger partial charge in [0.25, 0.3) is 6.71 Å². The summed E-state index contributed by atoms with van der Waals surface area (Å²) in [5, 5.41) is 0. The van der Waals surface area contributed by atoms with Crippen LogP contribution in [0.25, 0.3) is 11.1 Å². The average Bonchev–Trinajstić information content (AvgIpc) is 3.27. The number of hydrogen-bond acceptors (Lipinski definition) is 2. The van der Waals surface area contributed by atoms with E-state index in [1.165, 1.54) is 49.9 Å². The van der Waals surface area contributed by atoms with Crippen LogP contribution in [0.1, 0.15) is 192 Å². The highest BCUT2D eigenvalue weighted by molar-refractivity contribution is 7.00. The summed E-state index contributed by atoms with van der Waals surface area (Å²) in [5.41, 5.74) is 21.6. The second-order valence-electron chi connectivity index (χ2n) is 27.1. The molecule has 2 aliphatic heterocycles. The summed E-state index contributed by atoms with van der Waals surface area (Å²) in [6, 6.07) is 39.7. The molecule has 2 heterocycles. The molecule has 0 aromatic heterocycles. The van der Waals surface area contributed by atoms with Gasteiger partial charge in [-0.05, 0) is 185 Å². The van der Waals surface area contributed by atoms with E-state index < -0.39 is 6.85 Å². The molecule has 3 heteroatoms. The summed E-state index contributed by atoms with van der Waals surface area (Å²) in [5.74, 6) is 0. The second-order valence-corrected chi connectivity index (χ2v) is 27.1. The van der Waals surface area contributed by atoms with Gasteiger partial charge in [0.1, 0.15) is 0 Å². The average molecular weight is 902 g/mol. The first-order chi connectivity index (χ1) is 32.7. The Kier molecular flexibility index (Phi) is 9.49. The van der Waals surface area contributed by atoms with Crippen LogP contribution in [-0.4, -0.2) is 6.71 Å². The molecule has 6 aromatic carbocycles. The number of rotatable bonds is 3. The van der Waals surface area contributed by atoms with Crippen LogP contribution < -0.4 is 26.2 Å². The summed E-state index contributed by atoms with van der Waals surface area (Å²) in [4.78, 5) is 4.95. The van der Waals surface area contributed by atoms with Gasteiger partial charge in [0.05, 0.1) is 5.69 Å². The zero-order valence-corrected chi connectivity index (χ0v) is 44.6. The lowest BCUT2D eigenvalue weighted by molar-refractivity contribution is 0.332. The van der Waals surface area contributed by atoms with Crippen molar-refractivity contribution in [1.82, 2.24) is 0 Å². The lowest BCUT2D eigenvalue weighted by Crippen LogP contribution is -2.62. The van der Waals surface area contributed by atoms with Crippen molar-refractivity contribution in [1.29, 1.82) is 0 Å². The van der Waals surface area contributed by atoms with Gasteiger partial charge in [-0.15, -0.1) is 0 Å². The minimum Gasteiger partial charge on any atom is -0.311 e. The molecule has 0 atom stereocenters. The third-order valence-corrected chi connectivity index (χ3v) is 17.1. The first-order valence-corrected chi connectivity index (χ1v) is 25.7. The molecule has 2 aliphatic carbocycles. The molecular weight excluding hydrogens is 820 g/mol. The molecule has 352 valence electrons. The summed E-state index contributed by atoms with van der Waals surface area (Å²) >= 11 is 0. The Morgan fingerprint density at radius 2 is 0.956 bits per heavy atom. The lowest BCUT2D eigenvalue weighted by atomic mass is 9.33. The minimum absolute atomic E-state index is 0.0225. The molecule has 0 amide bonds. The molecule has 0 bridgehead atoms. The maximum absolute atomic E-state index is 9.27. The zero-order valence-electron chi connectivity index (χ0n) is 47.6. The van der Waals surface area contributed by atoms with E-state index in [-0.39, 0.29) is 44.6 Å². The van der Waals surface area contributed by atoms with E-state index in [9.17, 15) is 4.11 Å². The minimum atomic E-state index is -2.38. The van der Waals surface area contributed by atoms with Crippen molar-refractivity contribution in [3.63, 3.8) is 0 Å².